The topological polar surface area (TPSA) is 54.4 Å². The smallest absolute Gasteiger partial charge is 0.268 e. The molecule has 0 radical (unpaired) electrons. The first-order chi connectivity index (χ1) is 5.02. The lowest BCUT2D eigenvalue weighted by Crippen LogP contribution is -2.30. The summed E-state index contributed by atoms with van der Waals surface area (Å²) < 4.78 is 30.3. The number of hydrogen-bond donors (Lipinski definition) is 1. The van der Waals surface area contributed by atoms with E-state index in [0.717, 1.165) is 19.3 Å². The summed E-state index contributed by atoms with van der Waals surface area (Å²) in [6.45, 7) is 1.89. The Bertz CT molecular complexity index is 220. The van der Waals surface area contributed by atoms with Crippen LogP contribution in [0.5, 0.6) is 0 Å². The molecule has 1 aliphatic carbocycles. The maximum absolute atomic E-state index is 10.8. The molecule has 0 heterocycles. The van der Waals surface area contributed by atoms with Crippen LogP contribution >= 0.6 is 0 Å². The standard InChI is InChI=1S/C7H14O3S/c1-6-4-2-3-5-7(6)11(8,9)10/h6-7H,2-5H2,1H3,(H,8,9,10). The van der Waals surface area contributed by atoms with Crippen molar-refractivity contribution in [3.63, 3.8) is 0 Å². The molecule has 0 saturated heterocycles. The maximum Gasteiger partial charge on any atom is 0.268 e. The van der Waals surface area contributed by atoms with Crippen LogP contribution < -0.4 is 0 Å². The van der Waals surface area contributed by atoms with Crippen LogP contribution in [-0.2, 0) is 10.1 Å². The Labute approximate surface area is 67.6 Å². The van der Waals surface area contributed by atoms with E-state index in [0.29, 0.717) is 6.42 Å². The predicted octanol–water partition coefficient (Wildman–Crippen LogP) is 1.45. The number of hydrogen-bond acceptors (Lipinski definition) is 2. The normalized spacial score (nSPS) is 33.6. The summed E-state index contributed by atoms with van der Waals surface area (Å²) in [5.41, 5.74) is 0. The summed E-state index contributed by atoms with van der Waals surface area (Å²) in [5.74, 6) is 0.124. The van der Waals surface area contributed by atoms with Gasteiger partial charge in [-0.15, -0.1) is 0 Å². The van der Waals surface area contributed by atoms with Crippen molar-refractivity contribution in [2.75, 3.05) is 0 Å². The third-order valence-electron chi connectivity index (χ3n) is 2.42. The van der Waals surface area contributed by atoms with E-state index in [1.807, 2.05) is 6.92 Å². The molecule has 2 unspecified atom stereocenters. The highest BCUT2D eigenvalue weighted by molar-refractivity contribution is 7.86. The summed E-state index contributed by atoms with van der Waals surface area (Å²) in [4.78, 5) is 0. The average molecular weight is 178 g/mol. The first-order valence-corrected chi connectivity index (χ1v) is 5.48. The zero-order valence-electron chi connectivity index (χ0n) is 6.66. The summed E-state index contributed by atoms with van der Waals surface area (Å²) in [6, 6.07) is 0. The Morgan fingerprint density at radius 2 is 1.82 bits per heavy atom. The summed E-state index contributed by atoms with van der Waals surface area (Å²) >= 11 is 0. The first-order valence-electron chi connectivity index (χ1n) is 3.98. The molecule has 0 spiro atoms. The van der Waals surface area contributed by atoms with E-state index in [1.165, 1.54) is 0 Å². The SMILES string of the molecule is CC1CCCCC1S(=O)(=O)O. The third-order valence-corrected chi connectivity index (χ3v) is 3.88. The van der Waals surface area contributed by atoms with Gasteiger partial charge in [0.1, 0.15) is 0 Å². The second-order valence-corrected chi connectivity index (χ2v) is 4.95. The fourth-order valence-electron chi connectivity index (χ4n) is 1.72. The Balaban J connectivity index is 2.70. The van der Waals surface area contributed by atoms with Crippen LogP contribution in [0.25, 0.3) is 0 Å². The Morgan fingerprint density at radius 1 is 1.27 bits per heavy atom. The van der Waals surface area contributed by atoms with Crippen LogP contribution in [0.3, 0.4) is 0 Å². The van der Waals surface area contributed by atoms with E-state index < -0.39 is 15.4 Å². The molecule has 0 aromatic heterocycles. The molecular weight excluding hydrogens is 164 g/mol. The molecule has 4 heteroatoms. The van der Waals surface area contributed by atoms with Crippen molar-refractivity contribution >= 4 is 10.1 Å². The van der Waals surface area contributed by atoms with Gasteiger partial charge >= 0.3 is 0 Å². The van der Waals surface area contributed by atoms with Gasteiger partial charge in [0.2, 0.25) is 0 Å². The quantitative estimate of drug-likeness (QED) is 0.618. The van der Waals surface area contributed by atoms with E-state index >= 15 is 0 Å². The lowest BCUT2D eigenvalue weighted by molar-refractivity contribution is 0.356. The van der Waals surface area contributed by atoms with E-state index in [1.54, 1.807) is 0 Å². The van der Waals surface area contributed by atoms with Crippen molar-refractivity contribution in [3.8, 4) is 0 Å². The Hall–Kier alpha value is -0.0900. The lowest BCUT2D eigenvalue weighted by Gasteiger charge is -2.25. The predicted molar refractivity (Wildman–Crippen MR) is 43.0 cm³/mol. The minimum Gasteiger partial charge on any atom is -0.285 e. The minimum absolute atomic E-state index is 0.124. The summed E-state index contributed by atoms with van der Waals surface area (Å²) in [5, 5.41) is -0.503. The molecular formula is C7H14O3S. The van der Waals surface area contributed by atoms with Gasteiger partial charge in [-0.2, -0.15) is 8.42 Å². The molecule has 1 saturated carbocycles. The first kappa shape index (κ1) is 9.00. The molecule has 0 bridgehead atoms. The lowest BCUT2D eigenvalue weighted by atomic mass is 9.90. The average Bonchev–Trinajstić information content (AvgIpc) is 1.86. The van der Waals surface area contributed by atoms with Gasteiger partial charge in [0, 0.05) is 0 Å². The van der Waals surface area contributed by atoms with Crippen molar-refractivity contribution in [1.29, 1.82) is 0 Å². The van der Waals surface area contributed by atoms with Gasteiger partial charge in [-0.25, -0.2) is 0 Å². The van der Waals surface area contributed by atoms with E-state index in [9.17, 15) is 8.42 Å². The van der Waals surface area contributed by atoms with E-state index in [-0.39, 0.29) is 5.92 Å². The monoisotopic (exact) mass is 178 g/mol. The molecule has 66 valence electrons. The molecule has 3 nitrogen and oxygen atoms in total. The Morgan fingerprint density at radius 3 is 2.18 bits per heavy atom. The summed E-state index contributed by atoms with van der Waals surface area (Å²) in [6.07, 6.45) is 3.56. The van der Waals surface area contributed by atoms with Crippen molar-refractivity contribution in [3.05, 3.63) is 0 Å². The molecule has 2 atom stereocenters. The number of rotatable bonds is 1. The molecule has 0 aliphatic heterocycles. The van der Waals surface area contributed by atoms with Gasteiger partial charge in [0.15, 0.2) is 0 Å². The zero-order chi connectivity index (χ0) is 8.48. The van der Waals surface area contributed by atoms with Gasteiger partial charge in [-0.05, 0) is 18.8 Å². The minimum atomic E-state index is -3.78. The fourth-order valence-corrected chi connectivity index (χ4v) is 2.91. The second kappa shape index (κ2) is 3.11. The van der Waals surface area contributed by atoms with Crippen LogP contribution in [0.15, 0.2) is 0 Å². The largest absolute Gasteiger partial charge is 0.285 e. The highest BCUT2D eigenvalue weighted by atomic mass is 32.2. The van der Waals surface area contributed by atoms with Gasteiger partial charge in [-0.1, -0.05) is 19.8 Å². The van der Waals surface area contributed by atoms with Crippen LogP contribution in [0, 0.1) is 5.92 Å². The molecule has 0 aromatic rings. The Kier molecular flexibility index (Phi) is 2.54. The molecule has 0 aromatic carbocycles. The second-order valence-electron chi connectivity index (χ2n) is 3.32. The van der Waals surface area contributed by atoms with Gasteiger partial charge in [-0.3, -0.25) is 4.55 Å². The van der Waals surface area contributed by atoms with Crippen molar-refractivity contribution < 1.29 is 13.0 Å². The van der Waals surface area contributed by atoms with Gasteiger partial charge in [0.25, 0.3) is 10.1 Å². The summed E-state index contributed by atoms with van der Waals surface area (Å²) in [7, 11) is -3.78. The van der Waals surface area contributed by atoms with Crippen LogP contribution in [0.2, 0.25) is 0 Å². The third kappa shape index (κ3) is 2.17. The molecule has 1 rings (SSSR count). The van der Waals surface area contributed by atoms with Crippen LogP contribution in [0.1, 0.15) is 32.6 Å². The van der Waals surface area contributed by atoms with E-state index in [4.69, 9.17) is 4.55 Å². The zero-order valence-corrected chi connectivity index (χ0v) is 7.47. The molecule has 1 N–H and O–H groups in total. The highest BCUT2D eigenvalue weighted by Gasteiger charge is 2.30. The fraction of sp³-hybridized carbons (Fsp3) is 1.00. The van der Waals surface area contributed by atoms with E-state index in [2.05, 4.69) is 0 Å². The van der Waals surface area contributed by atoms with Gasteiger partial charge < -0.3 is 0 Å². The van der Waals surface area contributed by atoms with Crippen LogP contribution in [-0.4, -0.2) is 18.2 Å². The van der Waals surface area contributed by atoms with Gasteiger partial charge in [0.05, 0.1) is 5.25 Å². The van der Waals surface area contributed by atoms with Crippen LogP contribution in [0.4, 0.5) is 0 Å². The highest BCUT2D eigenvalue weighted by Crippen LogP contribution is 2.28. The molecule has 1 fully saturated rings. The van der Waals surface area contributed by atoms with Crippen molar-refractivity contribution in [2.24, 2.45) is 5.92 Å². The van der Waals surface area contributed by atoms with Crippen molar-refractivity contribution in [1.82, 2.24) is 0 Å². The molecule has 0 amide bonds. The maximum atomic E-state index is 10.8. The molecule has 1 aliphatic rings. The van der Waals surface area contributed by atoms with Crippen molar-refractivity contribution in [2.45, 2.75) is 37.9 Å². The molecule has 11 heavy (non-hydrogen) atoms.